The lowest BCUT2D eigenvalue weighted by Gasteiger charge is -2.43. The lowest BCUT2D eigenvalue weighted by molar-refractivity contribution is -0.134. The van der Waals surface area contributed by atoms with Crippen molar-refractivity contribution in [2.45, 2.75) is 16.9 Å². The minimum absolute atomic E-state index is 0.00793. The van der Waals surface area contributed by atoms with Crippen LogP contribution in [0.3, 0.4) is 0 Å². The first-order valence-corrected chi connectivity index (χ1v) is 14.5. The lowest BCUT2D eigenvalue weighted by Crippen LogP contribution is -2.53. The zero-order chi connectivity index (χ0) is 28.4. The first-order chi connectivity index (χ1) is 19.4. The van der Waals surface area contributed by atoms with Gasteiger partial charge in [0.1, 0.15) is 5.75 Å². The van der Waals surface area contributed by atoms with Gasteiger partial charge in [0.2, 0.25) is 5.91 Å². The van der Waals surface area contributed by atoms with Gasteiger partial charge < -0.3 is 28.9 Å². The van der Waals surface area contributed by atoms with Gasteiger partial charge in [0.05, 0.1) is 39.0 Å². The van der Waals surface area contributed by atoms with E-state index >= 15 is 0 Å². The molecule has 2 heterocycles. The summed E-state index contributed by atoms with van der Waals surface area (Å²) in [6, 6.07) is 19.1. The molecule has 1 fully saturated rings. The van der Waals surface area contributed by atoms with Crippen LogP contribution in [-0.4, -0.2) is 82.4 Å². The van der Waals surface area contributed by atoms with E-state index in [0.717, 1.165) is 21.9 Å². The molecule has 3 aromatic carbocycles. The van der Waals surface area contributed by atoms with Gasteiger partial charge in [0.25, 0.3) is 5.91 Å². The number of nitrogens with zero attached hydrogens (tertiary/aromatic N) is 3. The molecule has 0 bridgehead atoms. The Morgan fingerprint density at radius 2 is 1.48 bits per heavy atom. The van der Waals surface area contributed by atoms with Crippen LogP contribution in [0, 0.1) is 0 Å². The topological polar surface area (TPSA) is 71.6 Å². The van der Waals surface area contributed by atoms with Crippen LogP contribution in [0.5, 0.6) is 17.2 Å². The minimum Gasteiger partial charge on any atom is -0.495 e. The van der Waals surface area contributed by atoms with Crippen molar-refractivity contribution in [3.63, 3.8) is 0 Å². The Balaban J connectivity index is 1.52. The summed E-state index contributed by atoms with van der Waals surface area (Å²) >= 11 is 1.65. The summed E-state index contributed by atoms with van der Waals surface area (Å²) in [6.45, 7) is 2.48. The number of thioether (sulfide) groups is 1. The molecule has 2 amide bonds. The molecule has 3 aromatic rings. The van der Waals surface area contributed by atoms with Crippen molar-refractivity contribution in [2.75, 3.05) is 65.7 Å². The molecule has 2 atom stereocenters. The summed E-state index contributed by atoms with van der Waals surface area (Å²) in [5.41, 5.74) is 3.06. The number of hydrogen-bond acceptors (Lipinski definition) is 7. The maximum atomic E-state index is 14.5. The Kier molecular flexibility index (Phi) is 8.12. The van der Waals surface area contributed by atoms with Crippen molar-refractivity contribution in [2.24, 2.45) is 0 Å². The number of fused-ring (bicyclic) bond motifs is 1. The highest BCUT2D eigenvalue weighted by Crippen LogP contribution is 2.46. The number of anilines is 1. The van der Waals surface area contributed by atoms with E-state index in [9.17, 15) is 9.59 Å². The number of rotatable bonds is 7. The standard InChI is InChI=1S/C31H35N3O5S/c1-32-29(20-10-12-21(40-5)13-11-20)28(22-18-26(38-3)27(39-4)19-23(22)30(32)35)31(36)34-16-14-33(15-17-34)24-8-6-7-9-25(24)37-2/h6-13,18-19,28-29H,14-17H2,1-5H3/t28-,29+/m1/s1. The molecule has 0 radical (unpaired) electrons. The Morgan fingerprint density at radius 3 is 2.10 bits per heavy atom. The number of carbonyl (C=O) groups is 2. The van der Waals surface area contributed by atoms with Gasteiger partial charge in [0.15, 0.2) is 11.5 Å². The van der Waals surface area contributed by atoms with Crippen molar-refractivity contribution in [3.8, 4) is 17.2 Å². The largest absolute Gasteiger partial charge is 0.495 e. The smallest absolute Gasteiger partial charge is 0.254 e. The number of methoxy groups -OCH3 is 3. The fraction of sp³-hybridized carbons (Fsp3) is 0.355. The number of piperazine rings is 1. The molecular weight excluding hydrogens is 526 g/mol. The monoisotopic (exact) mass is 561 g/mol. The molecular formula is C31H35N3O5S. The molecule has 1 saturated heterocycles. The number of para-hydroxylation sites is 2. The van der Waals surface area contributed by atoms with E-state index in [1.54, 1.807) is 57.2 Å². The van der Waals surface area contributed by atoms with Gasteiger partial charge in [0, 0.05) is 43.7 Å². The van der Waals surface area contributed by atoms with Gasteiger partial charge in [-0.3, -0.25) is 9.59 Å². The van der Waals surface area contributed by atoms with E-state index in [4.69, 9.17) is 14.2 Å². The third-order valence-electron chi connectivity index (χ3n) is 7.92. The average molecular weight is 562 g/mol. The molecule has 9 heteroatoms. The van der Waals surface area contributed by atoms with Gasteiger partial charge in [-0.05, 0) is 53.8 Å². The molecule has 0 aliphatic carbocycles. The van der Waals surface area contributed by atoms with Crippen molar-refractivity contribution in [1.82, 2.24) is 9.80 Å². The molecule has 2 aliphatic rings. The Bertz CT molecular complexity index is 1390. The number of amides is 2. The van der Waals surface area contributed by atoms with Gasteiger partial charge >= 0.3 is 0 Å². The lowest BCUT2D eigenvalue weighted by atomic mass is 9.78. The second kappa shape index (κ2) is 11.7. The highest BCUT2D eigenvalue weighted by molar-refractivity contribution is 7.98. The number of carbonyl (C=O) groups excluding carboxylic acids is 2. The zero-order valence-corrected chi connectivity index (χ0v) is 24.4. The maximum absolute atomic E-state index is 14.5. The van der Waals surface area contributed by atoms with Crippen molar-refractivity contribution < 1.29 is 23.8 Å². The van der Waals surface area contributed by atoms with E-state index in [0.29, 0.717) is 48.8 Å². The fourth-order valence-electron chi connectivity index (χ4n) is 5.79. The Labute approximate surface area is 239 Å². The first-order valence-electron chi connectivity index (χ1n) is 13.3. The van der Waals surface area contributed by atoms with E-state index < -0.39 is 12.0 Å². The van der Waals surface area contributed by atoms with Crippen LogP contribution in [0.4, 0.5) is 5.69 Å². The minimum atomic E-state index is -0.601. The van der Waals surface area contributed by atoms with Gasteiger partial charge in [-0.2, -0.15) is 0 Å². The number of hydrogen-bond donors (Lipinski definition) is 0. The molecule has 0 unspecified atom stereocenters. The average Bonchev–Trinajstić information content (AvgIpc) is 3.01. The second-order valence-electron chi connectivity index (χ2n) is 9.89. The zero-order valence-electron chi connectivity index (χ0n) is 23.5. The van der Waals surface area contributed by atoms with E-state index in [1.165, 1.54) is 0 Å². The van der Waals surface area contributed by atoms with Crippen LogP contribution in [0.2, 0.25) is 0 Å². The number of ether oxygens (including phenoxy) is 3. The molecule has 0 N–H and O–H groups in total. The molecule has 0 aromatic heterocycles. The van der Waals surface area contributed by atoms with Crippen LogP contribution in [0.1, 0.15) is 33.4 Å². The maximum Gasteiger partial charge on any atom is 0.254 e. The van der Waals surface area contributed by atoms with Crippen LogP contribution in [0.15, 0.2) is 65.6 Å². The predicted octanol–water partition coefficient (Wildman–Crippen LogP) is 4.69. The SMILES string of the molecule is COc1cc2c(cc1OC)[C@@H](C(=O)N1CCN(c3ccccc3OC)CC1)[C@H](c1ccc(SC)cc1)N(C)C2=O. The number of benzene rings is 3. The van der Waals surface area contributed by atoms with Gasteiger partial charge in [-0.25, -0.2) is 0 Å². The Morgan fingerprint density at radius 1 is 0.850 bits per heavy atom. The van der Waals surface area contributed by atoms with E-state index in [2.05, 4.69) is 4.90 Å². The van der Waals surface area contributed by atoms with Crippen LogP contribution < -0.4 is 19.1 Å². The van der Waals surface area contributed by atoms with Crippen molar-refractivity contribution >= 4 is 29.3 Å². The highest BCUT2D eigenvalue weighted by Gasteiger charge is 2.45. The predicted molar refractivity (Wildman–Crippen MR) is 157 cm³/mol. The molecule has 0 spiro atoms. The molecule has 0 saturated carbocycles. The van der Waals surface area contributed by atoms with Crippen molar-refractivity contribution in [1.29, 1.82) is 0 Å². The third kappa shape index (κ3) is 4.94. The fourth-order valence-corrected chi connectivity index (χ4v) is 6.20. The summed E-state index contributed by atoms with van der Waals surface area (Å²) < 4.78 is 16.7. The van der Waals surface area contributed by atoms with Crippen LogP contribution in [-0.2, 0) is 4.79 Å². The second-order valence-corrected chi connectivity index (χ2v) is 10.8. The van der Waals surface area contributed by atoms with Crippen LogP contribution in [0.25, 0.3) is 0 Å². The van der Waals surface area contributed by atoms with Crippen molar-refractivity contribution in [3.05, 3.63) is 77.4 Å². The summed E-state index contributed by atoms with van der Waals surface area (Å²) in [5, 5.41) is 0. The molecule has 5 rings (SSSR count). The van der Waals surface area contributed by atoms with E-state index in [1.807, 2.05) is 59.7 Å². The van der Waals surface area contributed by atoms with Gasteiger partial charge in [-0.15, -0.1) is 11.8 Å². The molecule has 40 heavy (non-hydrogen) atoms. The molecule has 210 valence electrons. The van der Waals surface area contributed by atoms with Gasteiger partial charge in [-0.1, -0.05) is 24.3 Å². The summed E-state index contributed by atoms with van der Waals surface area (Å²) in [5.74, 6) is 1.01. The summed E-state index contributed by atoms with van der Waals surface area (Å²) in [6.07, 6.45) is 2.03. The molecule has 8 nitrogen and oxygen atoms in total. The van der Waals surface area contributed by atoms with Crippen LogP contribution >= 0.6 is 11.8 Å². The number of likely N-dealkylation sites (N-methyl/N-ethyl adjacent to an activating group) is 1. The summed E-state index contributed by atoms with van der Waals surface area (Å²) in [7, 11) is 6.55. The Hall–Kier alpha value is -3.85. The van der Waals surface area contributed by atoms with E-state index in [-0.39, 0.29) is 11.8 Å². The first kappa shape index (κ1) is 27.7. The quantitative estimate of drug-likeness (QED) is 0.388. The highest BCUT2D eigenvalue weighted by atomic mass is 32.2. The normalized spacial score (nSPS) is 18.8. The third-order valence-corrected chi connectivity index (χ3v) is 8.66. The summed E-state index contributed by atoms with van der Waals surface area (Å²) in [4.78, 5) is 35.1. The molecule has 2 aliphatic heterocycles.